The van der Waals surface area contributed by atoms with E-state index in [1.165, 1.54) is 6.07 Å². The highest BCUT2D eigenvalue weighted by Gasteiger charge is 2.19. The molecule has 2 rings (SSSR count). The first kappa shape index (κ1) is 13.0. The molecule has 0 amide bonds. The minimum absolute atomic E-state index is 0.0481. The van der Waals surface area contributed by atoms with Crippen LogP contribution in [0.5, 0.6) is 11.5 Å². The number of benzene rings is 2. The fraction of sp³-hybridized carbons (Fsp3) is 0. The Balaban J connectivity index is 2.87. The van der Waals surface area contributed by atoms with Crippen molar-refractivity contribution in [3.8, 4) is 40.8 Å². The number of nitriles is 3. The number of hydrogen-bond donors (Lipinski definition) is 2. The van der Waals surface area contributed by atoms with E-state index in [1.807, 2.05) is 12.1 Å². The SMILES string of the molecule is N#Cc1cccc(-c2c(C#N)cc(O)c(O)c2C#N)c1. The summed E-state index contributed by atoms with van der Waals surface area (Å²) in [5, 5.41) is 46.4. The monoisotopic (exact) mass is 261 g/mol. The van der Waals surface area contributed by atoms with E-state index in [0.717, 1.165) is 6.07 Å². The van der Waals surface area contributed by atoms with Crippen molar-refractivity contribution in [2.75, 3.05) is 0 Å². The van der Waals surface area contributed by atoms with Gasteiger partial charge in [0.1, 0.15) is 11.6 Å². The zero-order valence-electron chi connectivity index (χ0n) is 10.1. The zero-order chi connectivity index (χ0) is 14.7. The molecule has 2 aromatic rings. The third-order valence-electron chi connectivity index (χ3n) is 2.79. The smallest absolute Gasteiger partial charge is 0.176 e. The highest BCUT2D eigenvalue weighted by molar-refractivity contribution is 5.81. The van der Waals surface area contributed by atoms with Gasteiger partial charge in [-0.3, -0.25) is 0 Å². The first-order valence-electron chi connectivity index (χ1n) is 5.52. The summed E-state index contributed by atoms with van der Waals surface area (Å²) in [6, 6.07) is 13.0. The Morgan fingerprint density at radius 3 is 2.25 bits per heavy atom. The molecule has 0 spiro atoms. The molecule has 0 saturated carbocycles. The highest BCUT2D eigenvalue weighted by atomic mass is 16.3. The van der Waals surface area contributed by atoms with Gasteiger partial charge in [-0.1, -0.05) is 12.1 Å². The number of rotatable bonds is 1. The predicted octanol–water partition coefficient (Wildman–Crippen LogP) is 2.38. The average Bonchev–Trinajstić information content (AvgIpc) is 2.49. The van der Waals surface area contributed by atoms with Crippen LogP contribution in [-0.2, 0) is 0 Å². The molecule has 0 aliphatic rings. The zero-order valence-corrected chi connectivity index (χ0v) is 10.1. The Hall–Kier alpha value is -3.49. The van der Waals surface area contributed by atoms with Crippen LogP contribution in [-0.4, -0.2) is 10.2 Å². The maximum atomic E-state index is 9.74. The Labute approximate surface area is 114 Å². The van der Waals surface area contributed by atoms with Crippen molar-refractivity contribution in [3.05, 3.63) is 47.0 Å². The molecular weight excluding hydrogens is 254 g/mol. The van der Waals surface area contributed by atoms with E-state index in [9.17, 15) is 10.2 Å². The molecule has 0 bridgehead atoms. The highest BCUT2D eigenvalue weighted by Crippen LogP contribution is 2.39. The second kappa shape index (κ2) is 5.02. The molecule has 5 nitrogen and oxygen atoms in total. The molecule has 0 fully saturated rings. The summed E-state index contributed by atoms with van der Waals surface area (Å²) in [4.78, 5) is 0. The van der Waals surface area contributed by atoms with Gasteiger partial charge in [0.25, 0.3) is 0 Å². The van der Waals surface area contributed by atoms with Crippen molar-refractivity contribution in [1.29, 1.82) is 15.8 Å². The standard InChI is InChI=1S/C15H7N3O2/c16-6-9-2-1-3-10(4-9)14-11(7-17)5-13(19)15(20)12(14)8-18/h1-5,19-20H. The molecule has 5 heteroatoms. The van der Waals surface area contributed by atoms with Crippen molar-refractivity contribution in [2.45, 2.75) is 0 Å². The minimum atomic E-state index is -0.580. The predicted molar refractivity (Wildman–Crippen MR) is 69.4 cm³/mol. The molecule has 94 valence electrons. The molecule has 0 unspecified atom stereocenters. The van der Waals surface area contributed by atoms with Crippen LogP contribution >= 0.6 is 0 Å². The molecule has 0 saturated heterocycles. The maximum absolute atomic E-state index is 9.74. The summed E-state index contributed by atoms with van der Waals surface area (Å²) in [6.45, 7) is 0. The number of aromatic hydroxyl groups is 2. The van der Waals surface area contributed by atoms with Crippen LogP contribution < -0.4 is 0 Å². The normalized spacial score (nSPS) is 9.25. The van der Waals surface area contributed by atoms with Gasteiger partial charge in [-0.15, -0.1) is 0 Å². The van der Waals surface area contributed by atoms with Crippen LogP contribution in [0.3, 0.4) is 0 Å². The average molecular weight is 261 g/mol. The molecule has 2 N–H and O–H groups in total. The fourth-order valence-corrected chi connectivity index (χ4v) is 1.90. The van der Waals surface area contributed by atoms with Gasteiger partial charge >= 0.3 is 0 Å². The summed E-state index contributed by atoms with van der Waals surface area (Å²) in [5.41, 5.74) is 0.862. The van der Waals surface area contributed by atoms with E-state index in [1.54, 1.807) is 24.3 Å². The molecule has 20 heavy (non-hydrogen) atoms. The summed E-state index contributed by atoms with van der Waals surface area (Å²) < 4.78 is 0. The van der Waals surface area contributed by atoms with Gasteiger partial charge in [-0.2, -0.15) is 15.8 Å². The topological polar surface area (TPSA) is 112 Å². The Morgan fingerprint density at radius 2 is 1.65 bits per heavy atom. The lowest BCUT2D eigenvalue weighted by atomic mass is 9.93. The summed E-state index contributed by atoms with van der Waals surface area (Å²) in [5.74, 6) is -1.11. The van der Waals surface area contributed by atoms with Crippen molar-refractivity contribution >= 4 is 0 Å². The van der Waals surface area contributed by atoms with Crippen molar-refractivity contribution in [3.63, 3.8) is 0 Å². The Bertz CT molecular complexity index is 821. The first-order valence-corrected chi connectivity index (χ1v) is 5.52. The maximum Gasteiger partial charge on any atom is 0.176 e. The largest absolute Gasteiger partial charge is 0.504 e. The van der Waals surface area contributed by atoms with Gasteiger partial charge in [0.2, 0.25) is 0 Å². The van der Waals surface area contributed by atoms with Crippen LogP contribution in [0.15, 0.2) is 30.3 Å². The number of hydrogen-bond acceptors (Lipinski definition) is 5. The van der Waals surface area contributed by atoms with E-state index in [-0.39, 0.29) is 16.7 Å². The van der Waals surface area contributed by atoms with Gasteiger partial charge in [0.15, 0.2) is 11.5 Å². The molecule has 0 aliphatic carbocycles. The lowest BCUT2D eigenvalue weighted by Crippen LogP contribution is -1.92. The third-order valence-corrected chi connectivity index (χ3v) is 2.79. The number of nitrogens with zero attached hydrogens (tertiary/aromatic N) is 3. The van der Waals surface area contributed by atoms with Crippen LogP contribution in [0.1, 0.15) is 16.7 Å². The van der Waals surface area contributed by atoms with Gasteiger partial charge in [-0.25, -0.2) is 0 Å². The Kier molecular flexibility index (Phi) is 3.25. The van der Waals surface area contributed by atoms with Crippen LogP contribution in [0.25, 0.3) is 11.1 Å². The van der Waals surface area contributed by atoms with Crippen molar-refractivity contribution in [1.82, 2.24) is 0 Å². The van der Waals surface area contributed by atoms with Crippen LogP contribution in [0, 0.1) is 34.0 Å². The number of phenols is 2. The second-order valence-electron chi connectivity index (χ2n) is 3.96. The van der Waals surface area contributed by atoms with E-state index < -0.39 is 11.5 Å². The van der Waals surface area contributed by atoms with E-state index >= 15 is 0 Å². The van der Waals surface area contributed by atoms with Gasteiger partial charge < -0.3 is 10.2 Å². The molecule has 0 aromatic heterocycles. The van der Waals surface area contributed by atoms with Gasteiger partial charge in [0.05, 0.1) is 23.3 Å². The molecular formula is C15H7N3O2. The lowest BCUT2D eigenvalue weighted by molar-refractivity contribution is 0.402. The first-order chi connectivity index (χ1) is 9.62. The van der Waals surface area contributed by atoms with Crippen LogP contribution in [0.4, 0.5) is 0 Å². The van der Waals surface area contributed by atoms with Crippen molar-refractivity contribution in [2.24, 2.45) is 0 Å². The minimum Gasteiger partial charge on any atom is -0.504 e. The van der Waals surface area contributed by atoms with Gasteiger partial charge in [-0.05, 0) is 17.7 Å². The summed E-state index contributed by atoms with van der Waals surface area (Å²) >= 11 is 0. The lowest BCUT2D eigenvalue weighted by Gasteiger charge is -2.10. The quantitative estimate of drug-likeness (QED) is 0.765. The molecule has 0 aliphatic heterocycles. The summed E-state index contributed by atoms with van der Waals surface area (Å²) in [6.07, 6.45) is 0. The van der Waals surface area contributed by atoms with Crippen LogP contribution in [0.2, 0.25) is 0 Å². The summed E-state index contributed by atoms with van der Waals surface area (Å²) in [7, 11) is 0. The fourth-order valence-electron chi connectivity index (χ4n) is 1.90. The molecule has 0 heterocycles. The van der Waals surface area contributed by atoms with Gasteiger partial charge in [0, 0.05) is 11.6 Å². The van der Waals surface area contributed by atoms with E-state index in [4.69, 9.17) is 15.8 Å². The molecule has 0 atom stereocenters. The molecule has 0 radical (unpaired) electrons. The molecule has 2 aromatic carbocycles. The second-order valence-corrected chi connectivity index (χ2v) is 3.96. The Morgan fingerprint density at radius 1 is 0.900 bits per heavy atom. The van der Waals surface area contributed by atoms with E-state index in [2.05, 4.69) is 0 Å². The van der Waals surface area contributed by atoms with E-state index in [0.29, 0.717) is 11.1 Å². The third kappa shape index (κ3) is 1.99. The number of phenolic OH excluding ortho intramolecular Hbond substituents is 2. The van der Waals surface area contributed by atoms with Crippen molar-refractivity contribution < 1.29 is 10.2 Å².